The molecule has 0 atom stereocenters. The minimum Gasteiger partial charge on any atom is -0.435 e. The summed E-state index contributed by atoms with van der Waals surface area (Å²) in [6, 6.07) is 38.9. The van der Waals surface area contributed by atoms with Crippen molar-refractivity contribution in [1.82, 2.24) is 79.6 Å². The molecule has 3 aliphatic rings. The molecule has 3 fully saturated rings. The van der Waals surface area contributed by atoms with E-state index >= 15 is 13.2 Å². The fourth-order valence-corrected chi connectivity index (χ4v) is 13.4. The standard InChI is InChI=1S/C29H34FN7O2.C28H32FN7O2.C27H29FN6O3/c1-5-36(4)29(38)25-27(34-21-8-6-20(7-9-21)17-37-14-12-35(3)13-15-37)31-18-32-28(25)39-24-11-10-23-22(26(24)30)16-19(2)33-23;1-4-35(3)28(37)24-26(34-20-7-5-19(6-8-20)16-36-13-11-30-12-14-36)31-17-32-27(24)38-23-10-9-22-21(25(23)29)15-18(2)33-22;1-4-33(3)27(35)23-25(32-18-6-5-7-19(15-18)34-10-12-36-13-11-34)29-16-30-26(23)37-22-9-8-21-20(24(22)28)14-17(2)31-21/h6-11,16,18,33H,5,12-15,17H2,1-4H3,(H,31,32,34);5-10,15,17,30,33H,4,11-14,16H2,1-3H3,(H,31,32,34);5-9,14-16,31H,4,10-13H2,1-3H3,(H,29,30,32). The molecule has 0 saturated carbocycles. The third kappa shape index (κ3) is 18.9. The predicted octanol–water partition coefficient (Wildman–Crippen LogP) is 14.1. The van der Waals surface area contributed by atoms with Gasteiger partial charge in [-0.1, -0.05) is 30.3 Å². The van der Waals surface area contributed by atoms with E-state index in [1.807, 2.05) is 90.1 Å². The van der Waals surface area contributed by atoms with Gasteiger partial charge >= 0.3 is 0 Å². The van der Waals surface area contributed by atoms with E-state index in [0.717, 1.165) is 118 Å². The van der Waals surface area contributed by atoms with Crippen molar-refractivity contribution in [2.45, 2.75) is 54.6 Å². The maximum Gasteiger partial charge on any atom is 0.262 e. The fourth-order valence-electron chi connectivity index (χ4n) is 13.4. The number of carbonyl (C=O) groups is 3. The number of aromatic nitrogens is 9. The van der Waals surface area contributed by atoms with Crippen LogP contribution in [0.3, 0.4) is 0 Å². The number of aryl methyl sites for hydroxylation is 3. The van der Waals surface area contributed by atoms with Crippen LogP contribution in [-0.4, -0.2) is 218 Å². The lowest BCUT2D eigenvalue weighted by molar-refractivity contribution is 0.0791. The monoisotopic (exact) mass is 1550 g/mol. The second-order valence-electron chi connectivity index (χ2n) is 28.4. The first-order valence-electron chi connectivity index (χ1n) is 38.1. The highest BCUT2D eigenvalue weighted by atomic mass is 19.1. The number of nitrogens with one attached hydrogen (secondary N) is 7. The van der Waals surface area contributed by atoms with Crippen LogP contribution < -0.4 is 40.4 Å². The maximum absolute atomic E-state index is 15.3. The summed E-state index contributed by atoms with van der Waals surface area (Å²) < 4.78 is 69.1. The minimum atomic E-state index is -0.532. The molecule has 594 valence electrons. The van der Waals surface area contributed by atoms with Gasteiger partial charge in [-0.25, -0.2) is 43.1 Å². The van der Waals surface area contributed by atoms with Gasteiger partial charge in [-0.3, -0.25) is 24.2 Å². The Hall–Kier alpha value is -12.2. The van der Waals surface area contributed by atoms with Crippen LogP contribution >= 0.6 is 0 Å². The van der Waals surface area contributed by atoms with Crippen LogP contribution in [0, 0.1) is 38.2 Å². The van der Waals surface area contributed by atoms with Crippen LogP contribution in [0.2, 0.25) is 0 Å². The van der Waals surface area contributed by atoms with Crippen molar-refractivity contribution in [3.8, 4) is 34.9 Å². The van der Waals surface area contributed by atoms with E-state index < -0.39 is 17.5 Å². The molecule has 6 aromatic heterocycles. The molecule has 9 heterocycles. The molecule has 30 heteroatoms. The summed E-state index contributed by atoms with van der Waals surface area (Å²) in [4.78, 5) is 89.3. The van der Waals surface area contributed by atoms with Crippen molar-refractivity contribution in [3.63, 3.8) is 0 Å². The third-order valence-corrected chi connectivity index (χ3v) is 20.2. The number of carbonyl (C=O) groups excluding carboxylic acids is 3. The molecular weight excluding hydrogens is 1460 g/mol. The van der Waals surface area contributed by atoms with E-state index in [1.54, 1.807) is 57.5 Å². The van der Waals surface area contributed by atoms with Crippen molar-refractivity contribution in [2.75, 3.05) is 147 Å². The molecule has 12 aromatic rings. The maximum atomic E-state index is 15.3. The Morgan fingerprint density at radius 3 is 1.20 bits per heavy atom. The summed E-state index contributed by atoms with van der Waals surface area (Å²) in [6.07, 6.45) is 3.90. The Balaban J connectivity index is 0.000000149. The number of anilines is 7. The van der Waals surface area contributed by atoms with Crippen LogP contribution in [0.15, 0.2) is 146 Å². The smallest absolute Gasteiger partial charge is 0.262 e. The molecule has 15 rings (SSSR count). The summed E-state index contributed by atoms with van der Waals surface area (Å²) in [7, 11) is 7.20. The van der Waals surface area contributed by atoms with Crippen LogP contribution in [0.25, 0.3) is 32.7 Å². The Morgan fingerprint density at radius 1 is 0.456 bits per heavy atom. The molecule has 0 unspecified atom stereocenters. The van der Waals surface area contributed by atoms with Gasteiger partial charge in [0.05, 0.1) is 13.2 Å². The van der Waals surface area contributed by atoms with Crippen LogP contribution in [0.5, 0.6) is 34.9 Å². The van der Waals surface area contributed by atoms with E-state index in [0.29, 0.717) is 65.6 Å². The number of hydrogen-bond acceptors (Lipinski definition) is 21. The van der Waals surface area contributed by atoms with E-state index in [2.05, 4.69) is 117 Å². The van der Waals surface area contributed by atoms with Crippen molar-refractivity contribution >= 4 is 90.6 Å². The minimum absolute atomic E-state index is 0.0185. The Kier molecular flexibility index (Phi) is 25.6. The lowest BCUT2D eigenvalue weighted by Crippen LogP contribution is -2.43. The van der Waals surface area contributed by atoms with Gasteiger partial charge in [0.1, 0.15) is 35.7 Å². The molecule has 0 aliphatic carbocycles. The zero-order chi connectivity index (χ0) is 80.1. The number of amides is 3. The number of ether oxygens (including phenoxy) is 4. The number of benzene rings is 6. The summed E-state index contributed by atoms with van der Waals surface area (Å²) in [6.45, 7) is 25.6. The summed E-state index contributed by atoms with van der Waals surface area (Å²) in [5, 5.41) is 14.3. The Bertz CT molecular complexity index is 5370. The molecular formula is C84H95F3N20O7. The average molecular weight is 1550 g/mol. The number of nitrogens with zero attached hydrogens (tertiary/aromatic N) is 13. The number of hydrogen-bond donors (Lipinski definition) is 7. The van der Waals surface area contributed by atoms with E-state index in [1.165, 1.54) is 63.0 Å². The molecule has 0 spiro atoms. The molecule has 6 aromatic carbocycles. The van der Waals surface area contributed by atoms with Crippen molar-refractivity contribution in [2.24, 2.45) is 0 Å². The molecule has 0 radical (unpaired) electrons. The summed E-state index contributed by atoms with van der Waals surface area (Å²) >= 11 is 0. The average Bonchev–Trinajstić information content (AvgIpc) is 1.49. The topological polar surface area (TPSA) is 284 Å². The number of aromatic amines is 3. The third-order valence-electron chi connectivity index (χ3n) is 20.2. The molecule has 27 nitrogen and oxygen atoms in total. The molecule has 3 aliphatic heterocycles. The number of H-pyrrole nitrogens is 3. The molecule has 3 amide bonds. The van der Waals surface area contributed by atoms with Gasteiger partial charge in [-0.15, -0.1) is 0 Å². The van der Waals surface area contributed by atoms with Crippen molar-refractivity contribution < 1.29 is 46.5 Å². The number of likely N-dealkylation sites (N-methyl/N-ethyl adjacent to an activating group) is 1. The highest BCUT2D eigenvalue weighted by Crippen LogP contribution is 2.39. The van der Waals surface area contributed by atoms with Crippen LogP contribution in [0.4, 0.5) is 53.4 Å². The lowest BCUT2D eigenvalue weighted by atomic mass is 10.1. The normalized spacial score (nSPS) is 14.0. The van der Waals surface area contributed by atoms with Gasteiger partial charge in [0, 0.05) is 192 Å². The SMILES string of the molecule is CCN(C)C(=O)c1c(Nc2ccc(CN3CCN(C)CC3)cc2)ncnc1Oc1ccc2[nH]c(C)cc2c1F.CCN(C)C(=O)c1c(Nc2ccc(CN3CCNCC3)cc2)ncnc1Oc1ccc2[nH]c(C)cc2c1F.CCN(C)C(=O)c1c(Nc2cccc(N3CCOCC3)c2)ncnc1Oc1ccc2[nH]c(C)cc2c1F. The number of fused-ring (bicyclic) bond motifs is 3. The molecule has 7 N–H and O–H groups in total. The molecule has 114 heavy (non-hydrogen) atoms. The molecule has 0 bridgehead atoms. The highest BCUT2D eigenvalue weighted by Gasteiger charge is 2.30. The fraction of sp³-hybridized carbons (Fsp3) is 0.321. The highest BCUT2D eigenvalue weighted by molar-refractivity contribution is 6.03. The van der Waals surface area contributed by atoms with Crippen LogP contribution in [0.1, 0.15) is 80.1 Å². The van der Waals surface area contributed by atoms with Crippen LogP contribution in [-0.2, 0) is 17.8 Å². The van der Waals surface area contributed by atoms with Gasteiger partial charge in [-0.05, 0) is 157 Å². The van der Waals surface area contributed by atoms with Crippen molar-refractivity contribution in [3.05, 3.63) is 209 Å². The first-order chi connectivity index (χ1) is 55.2. The van der Waals surface area contributed by atoms with Gasteiger partial charge in [0.2, 0.25) is 17.6 Å². The Morgan fingerprint density at radius 2 is 0.825 bits per heavy atom. The second-order valence-corrected chi connectivity index (χ2v) is 28.4. The zero-order valence-electron chi connectivity index (χ0n) is 65.7. The van der Waals surface area contributed by atoms with Gasteiger partial charge in [0.15, 0.2) is 52.2 Å². The van der Waals surface area contributed by atoms with Crippen molar-refractivity contribution in [1.29, 1.82) is 0 Å². The summed E-state index contributed by atoms with van der Waals surface area (Å²) in [5.74, 6) is -1.89. The predicted molar refractivity (Wildman–Crippen MR) is 436 cm³/mol. The quantitative estimate of drug-likeness (QED) is 0.0313. The van der Waals surface area contributed by atoms with E-state index in [-0.39, 0.29) is 86.8 Å². The second kappa shape index (κ2) is 36.5. The van der Waals surface area contributed by atoms with Gasteiger partial charge in [0.25, 0.3) is 17.7 Å². The largest absolute Gasteiger partial charge is 0.435 e. The zero-order valence-corrected chi connectivity index (χ0v) is 65.7. The first kappa shape index (κ1) is 79.9. The Labute approximate surface area is 659 Å². The first-order valence-corrected chi connectivity index (χ1v) is 38.1. The van der Waals surface area contributed by atoms with Gasteiger partial charge < -0.3 is 79.7 Å². The number of piperazine rings is 2. The number of morpholine rings is 1. The van der Waals surface area contributed by atoms with E-state index in [9.17, 15) is 14.4 Å². The lowest BCUT2D eigenvalue weighted by Gasteiger charge is -2.32. The molecule has 3 saturated heterocycles. The van der Waals surface area contributed by atoms with E-state index in [4.69, 9.17) is 18.9 Å². The number of rotatable bonds is 23. The number of halogens is 3. The van der Waals surface area contributed by atoms with Gasteiger partial charge in [-0.2, -0.15) is 0 Å². The summed E-state index contributed by atoms with van der Waals surface area (Å²) in [5.41, 5.74) is 10.6.